The third-order valence-electron chi connectivity index (χ3n) is 3.64. The quantitative estimate of drug-likeness (QED) is 0.730. The van der Waals surface area contributed by atoms with Crippen LogP contribution in [0.25, 0.3) is 0 Å². The van der Waals surface area contributed by atoms with Crippen LogP contribution in [0.2, 0.25) is 0 Å². The van der Waals surface area contributed by atoms with Gasteiger partial charge in [-0.15, -0.1) is 24.8 Å². The summed E-state index contributed by atoms with van der Waals surface area (Å²) in [5.41, 5.74) is 8.60. The molecular formula is C18H25Cl2N3O2. The highest BCUT2D eigenvalue weighted by Crippen LogP contribution is 2.25. The molecule has 0 saturated carbocycles. The van der Waals surface area contributed by atoms with Crippen molar-refractivity contribution < 1.29 is 9.53 Å². The zero-order chi connectivity index (χ0) is 16.8. The van der Waals surface area contributed by atoms with E-state index >= 15 is 0 Å². The number of nitrogens with zero attached hydrogens (tertiary/aromatic N) is 1. The van der Waals surface area contributed by atoms with E-state index in [0.717, 1.165) is 18.7 Å². The Morgan fingerprint density at radius 1 is 1.16 bits per heavy atom. The molecule has 2 rings (SSSR count). The molecule has 25 heavy (non-hydrogen) atoms. The fourth-order valence-corrected chi connectivity index (χ4v) is 2.30. The van der Waals surface area contributed by atoms with Gasteiger partial charge in [-0.1, -0.05) is 6.92 Å². The number of rotatable bonds is 6. The molecule has 3 N–H and O–H groups in total. The molecule has 0 spiro atoms. The number of nitrogens with two attached hydrogens (primary N) is 1. The summed E-state index contributed by atoms with van der Waals surface area (Å²) in [5, 5.41) is 2.82. The van der Waals surface area contributed by atoms with E-state index in [2.05, 4.69) is 17.1 Å². The van der Waals surface area contributed by atoms with Crippen LogP contribution in [0.4, 0.5) is 17.1 Å². The Bertz CT molecular complexity index is 679. The van der Waals surface area contributed by atoms with E-state index in [4.69, 9.17) is 10.5 Å². The monoisotopic (exact) mass is 385 g/mol. The zero-order valence-corrected chi connectivity index (χ0v) is 16.2. The standard InChI is InChI=1S/C18H23N3O2.2ClH/c1-4-11-21(2)14-7-5-13(6-8-14)18(22)20-17-12-15(23-3)9-10-16(17)19;;/h5-10,12H,4,11,19H2,1-3H3,(H,20,22);2*1H. The van der Waals surface area contributed by atoms with Crippen LogP contribution in [-0.4, -0.2) is 26.6 Å². The first kappa shape index (κ1) is 22.9. The van der Waals surface area contributed by atoms with Gasteiger partial charge in [0.1, 0.15) is 5.75 Å². The maximum Gasteiger partial charge on any atom is 0.255 e. The number of halogens is 2. The molecule has 0 aliphatic heterocycles. The number of hydrogen-bond donors (Lipinski definition) is 2. The largest absolute Gasteiger partial charge is 0.497 e. The molecule has 0 aromatic heterocycles. The first-order valence-electron chi connectivity index (χ1n) is 7.61. The fourth-order valence-electron chi connectivity index (χ4n) is 2.30. The number of methoxy groups -OCH3 is 1. The van der Waals surface area contributed by atoms with Gasteiger partial charge in [0.2, 0.25) is 0 Å². The third kappa shape index (κ3) is 6.03. The van der Waals surface area contributed by atoms with Crippen molar-refractivity contribution in [3.63, 3.8) is 0 Å². The summed E-state index contributed by atoms with van der Waals surface area (Å²) >= 11 is 0. The molecule has 0 saturated heterocycles. The Morgan fingerprint density at radius 3 is 2.36 bits per heavy atom. The predicted molar refractivity (Wildman–Crippen MR) is 110 cm³/mol. The molecule has 0 unspecified atom stereocenters. The number of hydrogen-bond acceptors (Lipinski definition) is 4. The van der Waals surface area contributed by atoms with Crippen molar-refractivity contribution in [1.82, 2.24) is 0 Å². The summed E-state index contributed by atoms with van der Waals surface area (Å²) in [6.07, 6.45) is 1.08. The highest BCUT2D eigenvalue weighted by Gasteiger charge is 2.10. The highest BCUT2D eigenvalue weighted by molar-refractivity contribution is 6.06. The summed E-state index contributed by atoms with van der Waals surface area (Å²) in [6.45, 7) is 3.11. The maximum absolute atomic E-state index is 12.4. The lowest BCUT2D eigenvalue weighted by molar-refractivity contribution is 0.102. The first-order valence-corrected chi connectivity index (χ1v) is 7.61. The third-order valence-corrected chi connectivity index (χ3v) is 3.64. The minimum atomic E-state index is -0.199. The lowest BCUT2D eigenvalue weighted by Crippen LogP contribution is -2.18. The Hall–Kier alpha value is -2.11. The van der Waals surface area contributed by atoms with Crippen molar-refractivity contribution in [2.24, 2.45) is 0 Å². The van der Waals surface area contributed by atoms with E-state index < -0.39 is 0 Å². The van der Waals surface area contributed by atoms with Crippen LogP contribution in [0.1, 0.15) is 23.7 Å². The van der Waals surface area contributed by atoms with Crippen molar-refractivity contribution in [2.45, 2.75) is 13.3 Å². The molecule has 0 aliphatic carbocycles. The van der Waals surface area contributed by atoms with Crippen LogP contribution < -0.4 is 20.7 Å². The van der Waals surface area contributed by atoms with Crippen LogP contribution in [0.15, 0.2) is 42.5 Å². The summed E-state index contributed by atoms with van der Waals surface area (Å²) in [7, 11) is 3.61. The fraction of sp³-hybridized carbons (Fsp3) is 0.278. The summed E-state index contributed by atoms with van der Waals surface area (Å²) < 4.78 is 5.15. The van der Waals surface area contributed by atoms with E-state index in [-0.39, 0.29) is 30.7 Å². The highest BCUT2D eigenvalue weighted by atomic mass is 35.5. The van der Waals surface area contributed by atoms with Gasteiger partial charge in [0.15, 0.2) is 0 Å². The van der Waals surface area contributed by atoms with Crippen LogP contribution in [-0.2, 0) is 0 Å². The number of amides is 1. The second kappa shape index (κ2) is 10.7. The van der Waals surface area contributed by atoms with Crippen LogP contribution >= 0.6 is 24.8 Å². The smallest absolute Gasteiger partial charge is 0.255 e. The first-order chi connectivity index (χ1) is 11.0. The number of anilines is 3. The molecule has 0 aliphatic rings. The molecule has 5 nitrogen and oxygen atoms in total. The van der Waals surface area contributed by atoms with Crippen molar-refractivity contribution in [2.75, 3.05) is 36.7 Å². The molecule has 2 aromatic rings. The number of ether oxygens (including phenoxy) is 1. The van der Waals surface area contributed by atoms with Gasteiger partial charge in [-0.2, -0.15) is 0 Å². The maximum atomic E-state index is 12.4. The zero-order valence-electron chi connectivity index (χ0n) is 14.6. The van der Waals surface area contributed by atoms with E-state index in [1.54, 1.807) is 25.3 Å². The number of nitrogen functional groups attached to an aromatic ring is 1. The van der Waals surface area contributed by atoms with E-state index in [1.165, 1.54) is 0 Å². The lowest BCUT2D eigenvalue weighted by atomic mass is 10.1. The average Bonchev–Trinajstić information content (AvgIpc) is 2.57. The minimum Gasteiger partial charge on any atom is -0.497 e. The van der Waals surface area contributed by atoms with E-state index in [1.807, 2.05) is 31.3 Å². The van der Waals surface area contributed by atoms with Crippen molar-refractivity contribution in [3.05, 3.63) is 48.0 Å². The molecule has 0 bridgehead atoms. The van der Waals surface area contributed by atoms with E-state index in [0.29, 0.717) is 22.7 Å². The number of benzene rings is 2. The summed E-state index contributed by atoms with van der Waals surface area (Å²) in [5.74, 6) is 0.445. The van der Waals surface area contributed by atoms with Crippen molar-refractivity contribution in [1.29, 1.82) is 0 Å². The molecule has 0 atom stereocenters. The van der Waals surface area contributed by atoms with Gasteiger partial charge >= 0.3 is 0 Å². The summed E-state index contributed by atoms with van der Waals surface area (Å²) in [6, 6.07) is 12.7. The molecule has 0 fully saturated rings. The molecule has 0 radical (unpaired) electrons. The molecule has 1 amide bonds. The summed E-state index contributed by atoms with van der Waals surface area (Å²) in [4.78, 5) is 14.5. The SMILES string of the molecule is CCCN(C)c1ccc(C(=O)Nc2cc(OC)ccc2N)cc1.Cl.Cl. The van der Waals surface area contributed by atoms with Crippen molar-refractivity contribution >= 4 is 47.8 Å². The molecule has 7 heteroatoms. The molecule has 138 valence electrons. The lowest BCUT2D eigenvalue weighted by Gasteiger charge is -2.18. The second-order valence-electron chi connectivity index (χ2n) is 5.38. The number of carbonyl (C=O) groups is 1. The van der Waals surface area contributed by atoms with Gasteiger partial charge < -0.3 is 20.7 Å². The molecule has 2 aromatic carbocycles. The van der Waals surface area contributed by atoms with Crippen LogP contribution in [0, 0.1) is 0 Å². The van der Waals surface area contributed by atoms with E-state index in [9.17, 15) is 4.79 Å². The van der Waals surface area contributed by atoms with Crippen LogP contribution in [0.3, 0.4) is 0 Å². The van der Waals surface area contributed by atoms with Crippen LogP contribution in [0.5, 0.6) is 5.75 Å². The average molecular weight is 386 g/mol. The van der Waals surface area contributed by atoms with Gasteiger partial charge in [-0.05, 0) is 42.8 Å². The number of nitrogens with one attached hydrogen (secondary N) is 1. The predicted octanol–water partition coefficient (Wildman–Crippen LogP) is 4.22. The Morgan fingerprint density at radius 2 is 1.80 bits per heavy atom. The van der Waals surface area contributed by atoms with Gasteiger partial charge in [-0.25, -0.2) is 0 Å². The van der Waals surface area contributed by atoms with Gasteiger partial charge in [0.25, 0.3) is 5.91 Å². The topological polar surface area (TPSA) is 67.6 Å². The van der Waals surface area contributed by atoms with Gasteiger partial charge in [0.05, 0.1) is 18.5 Å². The Labute approximate surface area is 161 Å². The van der Waals surface area contributed by atoms with Gasteiger partial charge in [0, 0.05) is 30.9 Å². The normalized spacial score (nSPS) is 9.40. The van der Waals surface area contributed by atoms with Gasteiger partial charge in [-0.3, -0.25) is 4.79 Å². The van der Waals surface area contributed by atoms with Crippen molar-refractivity contribution in [3.8, 4) is 5.75 Å². The number of carbonyl (C=O) groups excluding carboxylic acids is 1. The molecular weight excluding hydrogens is 361 g/mol. The Kier molecular flexibility index (Phi) is 9.79. The second-order valence-corrected chi connectivity index (χ2v) is 5.38. The Balaban J connectivity index is 0.00000288. The minimum absolute atomic E-state index is 0. The molecule has 0 heterocycles.